The van der Waals surface area contributed by atoms with E-state index in [0.717, 1.165) is 12.8 Å². The van der Waals surface area contributed by atoms with E-state index in [1.165, 1.54) is 0 Å². The van der Waals surface area contributed by atoms with Crippen molar-refractivity contribution >= 4 is 11.9 Å². The molecule has 1 amide bonds. The average molecular weight is 229 g/mol. The summed E-state index contributed by atoms with van der Waals surface area (Å²) < 4.78 is 5.10. The van der Waals surface area contributed by atoms with Crippen molar-refractivity contribution in [2.24, 2.45) is 11.8 Å². The molecule has 16 heavy (non-hydrogen) atoms. The largest absolute Gasteiger partial charge is 0.481 e. The Kier molecular flexibility index (Phi) is 5.25. The summed E-state index contributed by atoms with van der Waals surface area (Å²) in [7, 11) is 0. The Hall–Kier alpha value is -1.10. The molecule has 0 spiro atoms. The van der Waals surface area contributed by atoms with Gasteiger partial charge in [-0.15, -0.1) is 0 Å². The zero-order chi connectivity index (χ0) is 12.0. The molecule has 0 saturated carbocycles. The fourth-order valence-corrected chi connectivity index (χ4v) is 1.77. The van der Waals surface area contributed by atoms with Crippen LogP contribution in [0.4, 0.5) is 0 Å². The van der Waals surface area contributed by atoms with Crippen molar-refractivity contribution in [2.75, 3.05) is 19.8 Å². The summed E-state index contributed by atoms with van der Waals surface area (Å²) in [5.74, 6) is -1.50. The highest BCUT2D eigenvalue weighted by atomic mass is 16.5. The van der Waals surface area contributed by atoms with Gasteiger partial charge < -0.3 is 15.2 Å². The summed E-state index contributed by atoms with van der Waals surface area (Å²) in [6, 6.07) is 0. The molecule has 1 fully saturated rings. The minimum atomic E-state index is -0.843. The maximum atomic E-state index is 11.6. The van der Waals surface area contributed by atoms with Crippen molar-refractivity contribution in [3.05, 3.63) is 0 Å². The Balaban J connectivity index is 2.30. The maximum absolute atomic E-state index is 11.6. The van der Waals surface area contributed by atoms with Crippen LogP contribution in [-0.2, 0) is 14.3 Å². The van der Waals surface area contributed by atoms with Gasteiger partial charge in [0.25, 0.3) is 0 Å². The molecule has 1 rings (SSSR count). The van der Waals surface area contributed by atoms with E-state index >= 15 is 0 Å². The summed E-state index contributed by atoms with van der Waals surface area (Å²) >= 11 is 0. The third-order valence-corrected chi connectivity index (χ3v) is 2.81. The smallest absolute Gasteiger partial charge is 0.308 e. The van der Waals surface area contributed by atoms with Crippen molar-refractivity contribution in [3.8, 4) is 0 Å². The van der Waals surface area contributed by atoms with Crippen LogP contribution in [-0.4, -0.2) is 36.7 Å². The molecule has 0 bridgehead atoms. The summed E-state index contributed by atoms with van der Waals surface area (Å²) in [6.07, 6.45) is 2.13. The number of ether oxygens (including phenoxy) is 1. The summed E-state index contributed by atoms with van der Waals surface area (Å²) in [4.78, 5) is 22.4. The standard InChI is InChI=1S/C11H19NO4/c1-2-3-8(11(14)15)6-12-10(13)9-4-5-16-7-9/h8-9H,2-7H2,1H3,(H,12,13)(H,14,15). The first kappa shape index (κ1) is 13.0. The molecule has 92 valence electrons. The molecule has 1 aliphatic heterocycles. The van der Waals surface area contributed by atoms with Gasteiger partial charge in [-0.3, -0.25) is 9.59 Å². The van der Waals surface area contributed by atoms with Gasteiger partial charge in [0.1, 0.15) is 0 Å². The van der Waals surface area contributed by atoms with Crippen molar-refractivity contribution in [1.82, 2.24) is 5.32 Å². The fourth-order valence-electron chi connectivity index (χ4n) is 1.77. The Morgan fingerprint density at radius 2 is 2.31 bits per heavy atom. The minimum Gasteiger partial charge on any atom is -0.481 e. The molecule has 5 heteroatoms. The molecule has 0 aromatic rings. The molecule has 0 aliphatic carbocycles. The molecule has 0 radical (unpaired) electrons. The monoisotopic (exact) mass is 229 g/mol. The molecule has 0 aromatic heterocycles. The number of carboxylic acid groups (broad SMARTS) is 1. The molecular weight excluding hydrogens is 210 g/mol. The second-order valence-corrected chi connectivity index (χ2v) is 4.13. The molecular formula is C11H19NO4. The summed E-state index contributed by atoms with van der Waals surface area (Å²) in [5, 5.41) is 11.6. The van der Waals surface area contributed by atoms with Gasteiger partial charge in [0, 0.05) is 13.2 Å². The molecule has 2 N–H and O–H groups in total. The van der Waals surface area contributed by atoms with Crippen LogP contribution in [0.25, 0.3) is 0 Å². The van der Waals surface area contributed by atoms with Crippen LogP contribution in [0, 0.1) is 11.8 Å². The van der Waals surface area contributed by atoms with Crippen LogP contribution in [0.2, 0.25) is 0 Å². The number of hydrogen-bond acceptors (Lipinski definition) is 3. The van der Waals surface area contributed by atoms with Crippen LogP contribution in [0.5, 0.6) is 0 Å². The van der Waals surface area contributed by atoms with Crippen LogP contribution in [0.3, 0.4) is 0 Å². The van der Waals surface area contributed by atoms with Gasteiger partial charge in [-0.05, 0) is 12.8 Å². The van der Waals surface area contributed by atoms with E-state index in [9.17, 15) is 9.59 Å². The van der Waals surface area contributed by atoms with Crippen LogP contribution >= 0.6 is 0 Å². The normalized spacial score (nSPS) is 21.7. The number of nitrogens with one attached hydrogen (secondary N) is 1. The predicted molar refractivity (Wildman–Crippen MR) is 58.0 cm³/mol. The zero-order valence-electron chi connectivity index (χ0n) is 9.57. The van der Waals surface area contributed by atoms with E-state index < -0.39 is 11.9 Å². The number of carbonyl (C=O) groups excluding carboxylic acids is 1. The van der Waals surface area contributed by atoms with E-state index in [1.54, 1.807) is 0 Å². The van der Waals surface area contributed by atoms with Crippen LogP contribution in [0.1, 0.15) is 26.2 Å². The average Bonchev–Trinajstić information content (AvgIpc) is 2.76. The first-order chi connectivity index (χ1) is 7.65. The van der Waals surface area contributed by atoms with Gasteiger partial charge in [-0.1, -0.05) is 13.3 Å². The highest BCUT2D eigenvalue weighted by Gasteiger charge is 2.25. The lowest BCUT2D eigenvalue weighted by atomic mass is 10.0. The van der Waals surface area contributed by atoms with Crippen molar-refractivity contribution < 1.29 is 19.4 Å². The van der Waals surface area contributed by atoms with Crippen molar-refractivity contribution in [1.29, 1.82) is 0 Å². The molecule has 2 unspecified atom stereocenters. The number of hydrogen-bond donors (Lipinski definition) is 2. The van der Waals surface area contributed by atoms with Crippen molar-refractivity contribution in [3.63, 3.8) is 0 Å². The molecule has 1 aliphatic rings. The third kappa shape index (κ3) is 3.81. The number of carboxylic acids is 1. The lowest BCUT2D eigenvalue weighted by Gasteiger charge is -2.14. The second-order valence-electron chi connectivity index (χ2n) is 4.13. The van der Waals surface area contributed by atoms with E-state index in [0.29, 0.717) is 19.6 Å². The zero-order valence-corrected chi connectivity index (χ0v) is 9.57. The quantitative estimate of drug-likeness (QED) is 0.701. The lowest BCUT2D eigenvalue weighted by Crippen LogP contribution is -2.36. The molecule has 1 saturated heterocycles. The third-order valence-electron chi connectivity index (χ3n) is 2.81. The minimum absolute atomic E-state index is 0.0835. The van der Waals surface area contributed by atoms with Crippen LogP contribution in [0.15, 0.2) is 0 Å². The van der Waals surface area contributed by atoms with E-state index in [-0.39, 0.29) is 18.4 Å². The lowest BCUT2D eigenvalue weighted by molar-refractivity contribution is -0.142. The Morgan fingerprint density at radius 1 is 1.56 bits per heavy atom. The van der Waals surface area contributed by atoms with Gasteiger partial charge in [-0.2, -0.15) is 0 Å². The van der Waals surface area contributed by atoms with Crippen molar-refractivity contribution in [2.45, 2.75) is 26.2 Å². The van der Waals surface area contributed by atoms with E-state index in [1.807, 2.05) is 6.92 Å². The maximum Gasteiger partial charge on any atom is 0.308 e. The highest BCUT2D eigenvalue weighted by Crippen LogP contribution is 2.12. The number of amides is 1. The SMILES string of the molecule is CCCC(CNC(=O)C1CCOC1)C(=O)O. The van der Waals surface area contributed by atoms with Gasteiger partial charge in [-0.25, -0.2) is 0 Å². The van der Waals surface area contributed by atoms with Gasteiger partial charge in [0.2, 0.25) is 5.91 Å². The van der Waals surface area contributed by atoms with Crippen LogP contribution < -0.4 is 5.32 Å². The first-order valence-corrected chi connectivity index (χ1v) is 5.73. The fraction of sp³-hybridized carbons (Fsp3) is 0.818. The second kappa shape index (κ2) is 6.48. The molecule has 1 heterocycles. The Bertz CT molecular complexity index is 248. The number of aliphatic carboxylic acids is 1. The molecule has 0 aromatic carbocycles. The summed E-state index contributed by atoms with van der Waals surface area (Å²) in [6.45, 7) is 3.23. The van der Waals surface area contributed by atoms with Gasteiger partial charge in [0.05, 0.1) is 18.4 Å². The predicted octanol–water partition coefficient (Wildman–Crippen LogP) is 0.640. The molecule has 5 nitrogen and oxygen atoms in total. The highest BCUT2D eigenvalue weighted by molar-refractivity contribution is 5.80. The van der Waals surface area contributed by atoms with E-state index in [4.69, 9.17) is 9.84 Å². The Labute approximate surface area is 95.2 Å². The molecule has 2 atom stereocenters. The van der Waals surface area contributed by atoms with E-state index in [2.05, 4.69) is 5.32 Å². The first-order valence-electron chi connectivity index (χ1n) is 5.73. The topological polar surface area (TPSA) is 75.6 Å². The number of rotatable bonds is 6. The Morgan fingerprint density at radius 3 is 2.81 bits per heavy atom. The van der Waals surface area contributed by atoms with Gasteiger partial charge in [0.15, 0.2) is 0 Å². The van der Waals surface area contributed by atoms with Gasteiger partial charge >= 0.3 is 5.97 Å². The number of carbonyl (C=O) groups is 2. The summed E-state index contributed by atoms with van der Waals surface area (Å²) in [5.41, 5.74) is 0.